The lowest BCUT2D eigenvalue weighted by Crippen LogP contribution is -2.27. The first kappa shape index (κ1) is 14.0. The van der Waals surface area contributed by atoms with Crippen LogP contribution in [0, 0.1) is 17.0 Å². The van der Waals surface area contributed by atoms with Gasteiger partial charge in [0.15, 0.2) is 0 Å². The van der Waals surface area contributed by atoms with Crippen LogP contribution in [0.1, 0.15) is 26.5 Å². The molecule has 0 unspecified atom stereocenters. The lowest BCUT2D eigenvalue weighted by atomic mass is 10.2. The highest BCUT2D eigenvalue weighted by Gasteiger charge is 2.28. The standard InChI is InChI=1S/C14H16N2O4/c1-9-12(16(18)19)10-7-5-6-8-11(10)15(9)13(17)20-14(2,3)4/h5-8H,1-4H3. The Hall–Kier alpha value is -2.37. The number of carbonyl (C=O) groups is 1. The van der Waals surface area contributed by atoms with Gasteiger partial charge in [0.25, 0.3) is 5.69 Å². The molecular formula is C14H16N2O4. The molecule has 0 amide bonds. The van der Waals surface area contributed by atoms with E-state index in [1.54, 1.807) is 52.0 Å². The van der Waals surface area contributed by atoms with Gasteiger partial charge in [0.05, 0.1) is 15.8 Å². The number of para-hydroxylation sites is 1. The van der Waals surface area contributed by atoms with Crippen LogP contribution in [0.5, 0.6) is 0 Å². The number of nitrogens with zero attached hydrogens (tertiary/aromatic N) is 2. The molecule has 0 saturated carbocycles. The Bertz CT molecular complexity index is 695. The van der Waals surface area contributed by atoms with E-state index in [-0.39, 0.29) is 11.4 Å². The zero-order valence-electron chi connectivity index (χ0n) is 11.8. The second kappa shape index (κ2) is 4.63. The predicted molar refractivity (Wildman–Crippen MR) is 75.0 cm³/mol. The average molecular weight is 276 g/mol. The van der Waals surface area contributed by atoms with Crippen LogP contribution < -0.4 is 0 Å². The van der Waals surface area contributed by atoms with Crippen LogP contribution in [0.4, 0.5) is 10.5 Å². The number of nitro groups is 1. The maximum atomic E-state index is 12.2. The predicted octanol–water partition coefficient (Wildman–Crippen LogP) is 3.64. The summed E-state index contributed by atoms with van der Waals surface area (Å²) in [5, 5.41) is 11.6. The van der Waals surface area contributed by atoms with Crippen molar-refractivity contribution in [2.75, 3.05) is 0 Å². The fourth-order valence-corrected chi connectivity index (χ4v) is 2.12. The monoisotopic (exact) mass is 276 g/mol. The Kier molecular flexibility index (Phi) is 3.25. The molecule has 0 spiro atoms. The minimum Gasteiger partial charge on any atom is -0.443 e. The summed E-state index contributed by atoms with van der Waals surface area (Å²) in [6.07, 6.45) is -0.612. The summed E-state index contributed by atoms with van der Waals surface area (Å²) in [7, 11) is 0. The van der Waals surface area contributed by atoms with Crippen LogP contribution >= 0.6 is 0 Å². The molecule has 0 aliphatic rings. The maximum Gasteiger partial charge on any atom is 0.419 e. The Labute approximate surface area is 116 Å². The second-order valence-electron chi connectivity index (χ2n) is 5.52. The third-order valence-electron chi connectivity index (χ3n) is 2.84. The third kappa shape index (κ3) is 2.36. The number of hydrogen-bond donors (Lipinski definition) is 0. The minimum atomic E-state index is -0.663. The quantitative estimate of drug-likeness (QED) is 0.588. The molecule has 0 aliphatic heterocycles. The number of benzene rings is 1. The van der Waals surface area contributed by atoms with Crippen LogP contribution in [0.2, 0.25) is 0 Å². The van der Waals surface area contributed by atoms with Gasteiger partial charge in [0, 0.05) is 0 Å². The van der Waals surface area contributed by atoms with Gasteiger partial charge < -0.3 is 4.74 Å². The van der Waals surface area contributed by atoms with Crippen molar-refractivity contribution in [3.63, 3.8) is 0 Å². The third-order valence-corrected chi connectivity index (χ3v) is 2.84. The fourth-order valence-electron chi connectivity index (χ4n) is 2.12. The molecule has 20 heavy (non-hydrogen) atoms. The summed E-state index contributed by atoms with van der Waals surface area (Å²) in [5.74, 6) is 0. The van der Waals surface area contributed by atoms with E-state index < -0.39 is 16.6 Å². The molecule has 0 aliphatic carbocycles. The summed E-state index contributed by atoms with van der Waals surface area (Å²) < 4.78 is 6.56. The van der Waals surface area contributed by atoms with Crippen LogP contribution in [-0.4, -0.2) is 21.2 Å². The van der Waals surface area contributed by atoms with Crippen molar-refractivity contribution in [2.45, 2.75) is 33.3 Å². The Morgan fingerprint density at radius 2 is 1.90 bits per heavy atom. The molecule has 6 nitrogen and oxygen atoms in total. The Balaban J connectivity index is 2.68. The number of carbonyl (C=O) groups excluding carboxylic acids is 1. The molecule has 1 aromatic heterocycles. The van der Waals surface area contributed by atoms with Gasteiger partial charge in [-0.1, -0.05) is 12.1 Å². The van der Waals surface area contributed by atoms with E-state index in [0.717, 1.165) is 0 Å². The highest BCUT2D eigenvalue weighted by Crippen LogP contribution is 2.32. The molecule has 0 saturated heterocycles. The van der Waals surface area contributed by atoms with Crippen LogP contribution in [0.15, 0.2) is 24.3 Å². The first-order valence-corrected chi connectivity index (χ1v) is 6.20. The molecule has 6 heteroatoms. The normalized spacial score (nSPS) is 11.6. The second-order valence-corrected chi connectivity index (χ2v) is 5.52. The molecule has 2 aromatic rings. The van der Waals surface area contributed by atoms with Gasteiger partial charge in [-0.05, 0) is 39.8 Å². The molecule has 2 rings (SSSR count). The highest BCUT2D eigenvalue weighted by atomic mass is 16.6. The number of ether oxygens (including phenoxy) is 1. The van der Waals surface area contributed by atoms with E-state index in [2.05, 4.69) is 0 Å². The van der Waals surface area contributed by atoms with Crippen molar-refractivity contribution in [1.29, 1.82) is 0 Å². The van der Waals surface area contributed by atoms with Gasteiger partial charge in [0.1, 0.15) is 11.3 Å². The van der Waals surface area contributed by atoms with Gasteiger partial charge in [-0.15, -0.1) is 0 Å². The molecule has 0 radical (unpaired) electrons. The van der Waals surface area contributed by atoms with Gasteiger partial charge >= 0.3 is 6.09 Å². The van der Waals surface area contributed by atoms with Crippen LogP contribution in [0.25, 0.3) is 10.9 Å². The van der Waals surface area contributed by atoms with Crippen LogP contribution in [0.3, 0.4) is 0 Å². The molecule has 0 atom stereocenters. The van der Waals surface area contributed by atoms with Crippen molar-refractivity contribution >= 4 is 22.7 Å². The molecule has 1 aromatic carbocycles. The van der Waals surface area contributed by atoms with E-state index in [9.17, 15) is 14.9 Å². The first-order chi connectivity index (χ1) is 9.22. The molecule has 0 bridgehead atoms. The Morgan fingerprint density at radius 3 is 2.45 bits per heavy atom. The van der Waals surface area contributed by atoms with Crippen molar-refractivity contribution < 1.29 is 14.5 Å². The van der Waals surface area contributed by atoms with Crippen molar-refractivity contribution in [2.24, 2.45) is 0 Å². The number of fused-ring (bicyclic) bond motifs is 1. The lowest BCUT2D eigenvalue weighted by Gasteiger charge is -2.20. The summed E-state index contributed by atoms with van der Waals surface area (Å²) in [6.45, 7) is 6.79. The summed E-state index contributed by atoms with van der Waals surface area (Å²) >= 11 is 0. The maximum absolute atomic E-state index is 12.2. The minimum absolute atomic E-state index is 0.0635. The topological polar surface area (TPSA) is 74.4 Å². The molecule has 1 heterocycles. The van der Waals surface area contributed by atoms with Crippen molar-refractivity contribution in [3.8, 4) is 0 Å². The summed E-state index contributed by atoms with van der Waals surface area (Å²) in [6, 6.07) is 6.72. The van der Waals surface area contributed by atoms with E-state index >= 15 is 0 Å². The van der Waals surface area contributed by atoms with E-state index in [1.165, 1.54) is 4.57 Å². The highest BCUT2D eigenvalue weighted by molar-refractivity contribution is 5.97. The van der Waals surface area contributed by atoms with Crippen molar-refractivity contribution in [1.82, 2.24) is 4.57 Å². The van der Waals surface area contributed by atoms with Gasteiger partial charge in [-0.25, -0.2) is 9.36 Å². The molecule has 0 fully saturated rings. The zero-order chi connectivity index (χ0) is 15.1. The first-order valence-electron chi connectivity index (χ1n) is 6.20. The lowest BCUT2D eigenvalue weighted by molar-refractivity contribution is -0.383. The fraction of sp³-hybridized carbons (Fsp3) is 0.357. The van der Waals surface area contributed by atoms with E-state index in [0.29, 0.717) is 10.9 Å². The number of rotatable bonds is 1. The van der Waals surface area contributed by atoms with Gasteiger partial charge in [-0.3, -0.25) is 10.1 Å². The van der Waals surface area contributed by atoms with E-state index in [4.69, 9.17) is 4.74 Å². The number of aromatic nitrogens is 1. The number of hydrogen-bond acceptors (Lipinski definition) is 4. The van der Waals surface area contributed by atoms with Crippen molar-refractivity contribution in [3.05, 3.63) is 40.1 Å². The summed E-state index contributed by atoms with van der Waals surface area (Å²) in [5.41, 5.74) is 0.0202. The largest absolute Gasteiger partial charge is 0.443 e. The SMILES string of the molecule is Cc1c([N+](=O)[O-])c2ccccc2n1C(=O)OC(C)(C)C. The van der Waals surface area contributed by atoms with Gasteiger partial charge in [-0.2, -0.15) is 0 Å². The average Bonchev–Trinajstić information content (AvgIpc) is 2.58. The zero-order valence-corrected chi connectivity index (χ0v) is 11.8. The van der Waals surface area contributed by atoms with E-state index in [1.807, 2.05) is 0 Å². The molecule has 106 valence electrons. The summed E-state index contributed by atoms with van der Waals surface area (Å²) in [4.78, 5) is 23.0. The van der Waals surface area contributed by atoms with Crippen LogP contribution in [-0.2, 0) is 4.74 Å². The Morgan fingerprint density at radius 1 is 1.30 bits per heavy atom. The smallest absolute Gasteiger partial charge is 0.419 e. The molecular weight excluding hydrogens is 260 g/mol. The molecule has 0 N–H and O–H groups in total. The van der Waals surface area contributed by atoms with Gasteiger partial charge in [0.2, 0.25) is 0 Å².